The highest BCUT2D eigenvalue weighted by molar-refractivity contribution is 9.10. The van der Waals surface area contributed by atoms with Gasteiger partial charge in [0.2, 0.25) is 0 Å². The number of hydrogen-bond donors (Lipinski definition) is 1. The van der Waals surface area contributed by atoms with Gasteiger partial charge >= 0.3 is 0 Å². The van der Waals surface area contributed by atoms with Crippen molar-refractivity contribution in [3.8, 4) is 11.3 Å². The van der Waals surface area contributed by atoms with Crippen LogP contribution in [0.5, 0.6) is 0 Å². The molecule has 21 heavy (non-hydrogen) atoms. The Morgan fingerprint density at radius 3 is 2.71 bits per heavy atom. The van der Waals surface area contributed by atoms with E-state index in [-0.39, 0.29) is 0 Å². The fourth-order valence-electron chi connectivity index (χ4n) is 2.34. The zero-order valence-electron chi connectivity index (χ0n) is 11.8. The molecule has 1 aromatic heterocycles. The Hall–Kier alpha value is -2.07. The summed E-state index contributed by atoms with van der Waals surface area (Å²) in [5.74, 6) is 0. The maximum Gasteiger partial charge on any atom is 0.115 e. The van der Waals surface area contributed by atoms with E-state index in [4.69, 9.17) is 5.73 Å². The minimum absolute atomic E-state index is 0.696. The molecule has 4 heteroatoms. The molecule has 3 rings (SSSR count). The van der Waals surface area contributed by atoms with Gasteiger partial charge in [-0.15, -0.1) is 0 Å². The predicted molar refractivity (Wildman–Crippen MR) is 90.1 cm³/mol. The second kappa shape index (κ2) is 5.74. The SMILES string of the molecule is Cc1ccccc1Cn1cc(N)c(-c2cccc(Br)c2)n1. The number of rotatable bonds is 3. The number of nitrogen functional groups attached to an aromatic ring is 1. The third-order valence-electron chi connectivity index (χ3n) is 3.48. The van der Waals surface area contributed by atoms with E-state index in [1.807, 2.05) is 47.3 Å². The summed E-state index contributed by atoms with van der Waals surface area (Å²) in [5.41, 5.74) is 11.2. The molecule has 0 aliphatic heterocycles. The zero-order chi connectivity index (χ0) is 14.8. The number of aromatic nitrogens is 2. The number of aryl methyl sites for hydroxylation is 1. The van der Waals surface area contributed by atoms with Crippen molar-refractivity contribution in [2.45, 2.75) is 13.5 Å². The number of hydrogen-bond acceptors (Lipinski definition) is 2. The van der Waals surface area contributed by atoms with E-state index in [2.05, 4.69) is 40.1 Å². The van der Waals surface area contributed by atoms with Crippen LogP contribution in [0.4, 0.5) is 5.69 Å². The van der Waals surface area contributed by atoms with Gasteiger partial charge in [-0.1, -0.05) is 52.3 Å². The normalized spacial score (nSPS) is 10.8. The van der Waals surface area contributed by atoms with Gasteiger partial charge in [-0.25, -0.2) is 0 Å². The average molecular weight is 342 g/mol. The van der Waals surface area contributed by atoms with E-state index in [9.17, 15) is 0 Å². The number of halogens is 1. The molecule has 0 radical (unpaired) electrons. The lowest BCUT2D eigenvalue weighted by Gasteiger charge is -2.05. The first-order chi connectivity index (χ1) is 10.1. The van der Waals surface area contributed by atoms with Crippen LogP contribution in [-0.2, 0) is 6.54 Å². The van der Waals surface area contributed by atoms with Gasteiger partial charge in [-0.3, -0.25) is 4.68 Å². The summed E-state index contributed by atoms with van der Waals surface area (Å²) in [6.07, 6.45) is 1.89. The fourth-order valence-corrected chi connectivity index (χ4v) is 2.74. The average Bonchev–Trinajstić information content (AvgIpc) is 2.82. The van der Waals surface area contributed by atoms with E-state index < -0.39 is 0 Å². The van der Waals surface area contributed by atoms with Crippen LogP contribution in [0.3, 0.4) is 0 Å². The topological polar surface area (TPSA) is 43.8 Å². The molecule has 0 saturated heterocycles. The highest BCUT2D eigenvalue weighted by atomic mass is 79.9. The summed E-state index contributed by atoms with van der Waals surface area (Å²) < 4.78 is 2.92. The van der Waals surface area contributed by atoms with E-state index in [1.54, 1.807) is 0 Å². The smallest absolute Gasteiger partial charge is 0.115 e. The summed E-state index contributed by atoms with van der Waals surface area (Å²) in [6, 6.07) is 16.3. The van der Waals surface area contributed by atoms with Crippen molar-refractivity contribution in [2.24, 2.45) is 0 Å². The number of anilines is 1. The van der Waals surface area contributed by atoms with Crippen molar-refractivity contribution < 1.29 is 0 Å². The molecule has 2 N–H and O–H groups in total. The van der Waals surface area contributed by atoms with Crippen LogP contribution in [0.25, 0.3) is 11.3 Å². The molecular weight excluding hydrogens is 326 g/mol. The molecular formula is C17H16BrN3. The van der Waals surface area contributed by atoms with Gasteiger partial charge < -0.3 is 5.73 Å². The molecule has 2 aromatic carbocycles. The standard InChI is InChI=1S/C17H16BrN3/c1-12-5-2-3-6-14(12)10-21-11-16(19)17(20-21)13-7-4-8-15(18)9-13/h2-9,11H,10,19H2,1H3. The second-order valence-corrected chi connectivity index (χ2v) is 5.98. The minimum atomic E-state index is 0.696. The highest BCUT2D eigenvalue weighted by Crippen LogP contribution is 2.26. The third kappa shape index (κ3) is 3.00. The summed E-state index contributed by atoms with van der Waals surface area (Å²) in [5, 5.41) is 4.63. The summed E-state index contributed by atoms with van der Waals surface area (Å²) in [7, 11) is 0. The largest absolute Gasteiger partial charge is 0.396 e. The zero-order valence-corrected chi connectivity index (χ0v) is 13.3. The van der Waals surface area contributed by atoms with Crippen molar-refractivity contribution in [3.63, 3.8) is 0 Å². The monoisotopic (exact) mass is 341 g/mol. The number of nitrogens with two attached hydrogens (primary N) is 1. The van der Waals surface area contributed by atoms with Gasteiger partial charge in [-0.05, 0) is 30.2 Å². The lowest BCUT2D eigenvalue weighted by molar-refractivity contribution is 0.686. The maximum atomic E-state index is 6.12. The van der Waals surface area contributed by atoms with Crippen LogP contribution in [0.2, 0.25) is 0 Å². The quantitative estimate of drug-likeness (QED) is 0.773. The molecule has 0 aliphatic carbocycles. The van der Waals surface area contributed by atoms with Crippen molar-refractivity contribution in [1.29, 1.82) is 0 Å². The Morgan fingerprint density at radius 2 is 1.95 bits per heavy atom. The van der Waals surface area contributed by atoms with Crippen LogP contribution >= 0.6 is 15.9 Å². The van der Waals surface area contributed by atoms with E-state index in [1.165, 1.54) is 11.1 Å². The first kappa shape index (κ1) is 13.9. The maximum absolute atomic E-state index is 6.12. The summed E-state index contributed by atoms with van der Waals surface area (Å²) in [4.78, 5) is 0. The lowest BCUT2D eigenvalue weighted by atomic mass is 10.1. The first-order valence-electron chi connectivity index (χ1n) is 6.77. The molecule has 106 valence electrons. The lowest BCUT2D eigenvalue weighted by Crippen LogP contribution is -2.02. The Labute approximate surface area is 132 Å². The van der Waals surface area contributed by atoms with Crippen LogP contribution < -0.4 is 5.73 Å². The van der Waals surface area contributed by atoms with Crippen molar-refractivity contribution in [2.75, 3.05) is 5.73 Å². The fraction of sp³-hybridized carbons (Fsp3) is 0.118. The van der Waals surface area contributed by atoms with E-state index in [0.29, 0.717) is 5.69 Å². The van der Waals surface area contributed by atoms with E-state index >= 15 is 0 Å². The minimum Gasteiger partial charge on any atom is -0.396 e. The molecule has 3 nitrogen and oxygen atoms in total. The number of nitrogens with zero attached hydrogens (tertiary/aromatic N) is 2. The van der Waals surface area contributed by atoms with Crippen molar-refractivity contribution in [3.05, 3.63) is 70.3 Å². The molecule has 0 fully saturated rings. The molecule has 0 bridgehead atoms. The Bertz CT molecular complexity index is 777. The highest BCUT2D eigenvalue weighted by Gasteiger charge is 2.09. The molecule has 0 amide bonds. The van der Waals surface area contributed by atoms with Gasteiger partial charge in [0.25, 0.3) is 0 Å². The molecule has 1 heterocycles. The van der Waals surface area contributed by atoms with Gasteiger partial charge in [0.05, 0.1) is 12.2 Å². The summed E-state index contributed by atoms with van der Waals surface area (Å²) >= 11 is 3.48. The van der Waals surface area contributed by atoms with Gasteiger partial charge in [-0.2, -0.15) is 5.10 Å². The molecule has 0 atom stereocenters. The summed E-state index contributed by atoms with van der Waals surface area (Å²) in [6.45, 7) is 2.84. The molecule has 3 aromatic rings. The Kier molecular flexibility index (Phi) is 3.80. The third-order valence-corrected chi connectivity index (χ3v) is 3.97. The van der Waals surface area contributed by atoms with Crippen LogP contribution in [0.15, 0.2) is 59.2 Å². The van der Waals surface area contributed by atoms with Crippen molar-refractivity contribution >= 4 is 21.6 Å². The second-order valence-electron chi connectivity index (χ2n) is 5.07. The first-order valence-corrected chi connectivity index (χ1v) is 7.56. The van der Waals surface area contributed by atoms with Gasteiger partial charge in [0.15, 0.2) is 0 Å². The Balaban J connectivity index is 1.93. The van der Waals surface area contributed by atoms with Crippen LogP contribution in [0.1, 0.15) is 11.1 Å². The van der Waals surface area contributed by atoms with Gasteiger partial charge in [0, 0.05) is 16.2 Å². The molecule has 0 aliphatic rings. The van der Waals surface area contributed by atoms with Crippen molar-refractivity contribution in [1.82, 2.24) is 9.78 Å². The number of benzene rings is 2. The Morgan fingerprint density at radius 1 is 1.14 bits per heavy atom. The van der Waals surface area contributed by atoms with Gasteiger partial charge in [0.1, 0.15) is 5.69 Å². The molecule has 0 unspecified atom stereocenters. The molecule has 0 saturated carbocycles. The predicted octanol–water partition coefficient (Wildman–Crippen LogP) is 4.25. The van der Waals surface area contributed by atoms with Crippen LogP contribution in [0, 0.1) is 6.92 Å². The van der Waals surface area contributed by atoms with Crippen LogP contribution in [-0.4, -0.2) is 9.78 Å². The molecule has 0 spiro atoms. The van der Waals surface area contributed by atoms with E-state index in [0.717, 1.165) is 22.3 Å².